The third-order valence-electron chi connectivity index (χ3n) is 3.86. The van der Waals surface area contributed by atoms with Crippen LogP contribution in [0.1, 0.15) is 23.6 Å². The van der Waals surface area contributed by atoms with Crippen molar-refractivity contribution in [1.29, 1.82) is 5.26 Å². The van der Waals surface area contributed by atoms with E-state index in [-0.39, 0.29) is 6.54 Å². The maximum Gasteiger partial charge on any atom is 0.194 e. The molecular weight excluding hydrogens is 331 g/mol. The smallest absolute Gasteiger partial charge is 0.194 e. The number of methoxy groups -OCH3 is 1. The van der Waals surface area contributed by atoms with Crippen LogP contribution >= 0.6 is 0 Å². The van der Waals surface area contributed by atoms with Gasteiger partial charge in [0.25, 0.3) is 0 Å². The van der Waals surface area contributed by atoms with Crippen molar-refractivity contribution in [2.24, 2.45) is 4.99 Å². The number of benzene rings is 2. The maximum atomic E-state index is 14.0. The molecule has 0 aliphatic rings. The molecule has 26 heavy (non-hydrogen) atoms. The van der Waals surface area contributed by atoms with E-state index in [0.29, 0.717) is 30.2 Å². The predicted octanol–water partition coefficient (Wildman–Crippen LogP) is 3.30. The molecule has 0 saturated heterocycles. The summed E-state index contributed by atoms with van der Waals surface area (Å²) in [5, 5.41) is 12.0. The highest BCUT2D eigenvalue weighted by atomic mass is 19.1. The molecule has 0 bridgehead atoms. The molecule has 0 saturated carbocycles. The molecule has 2 aromatic rings. The van der Waals surface area contributed by atoms with Crippen molar-refractivity contribution in [3.05, 3.63) is 65.0 Å². The zero-order valence-corrected chi connectivity index (χ0v) is 15.3. The van der Waals surface area contributed by atoms with Crippen LogP contribution in [-0.4, -0.2) is 31.6 Å². The van der Waals surface area contributed by atoms with Gasteiger partial charge >= 0.3 is 0 Å². The number of nitriles is 1. The van der Waals surface area contributed by atoms with E-state index in [0.717, 1.165) is 11.3 Å². The van der Waals surface area contributed by atoms with E-state index in [9.17, 15) is 4.39 Å². The SMILES string of the molecule is CCNC(=NCc1ccc(C#N)cc1F)N(C)Cc1ccc(OC)cc1. The Balaban J connectivity index is 2.10. The lowest BCUT2D eigenvalue weighted by Gasteiger charge is -2.22. The van der Waals surface area contributed by atoms with Gasteiger partial charge in [0.15, 0.2) is 5.96 Å². The number of nitrogens with zero attached hydrogens (tertiary/aromatic N) is 3. The quantitative estimate of drug-likeness (QED) is 0.639. The van der Waals surface area contributed by atoms with Gasteiger partial charge < -0.3 is 15.0 Å². The second-order valence-electron chi connectivity index (χ2n) is 5.79. The summed E-state index contributed by atoms with van der Waals surface area (Å²) in [6.07, 6.45) is 0. The summed E-state index contributed by atoms with van der Waals surface area (Å²) in [4.78, 5) is 6.49. The molecular formula is C20H23FN4O. The molecule has 2 rings (SSSR count). The first-order chi connectivity index (χ1) is 12.6. The van der Waals surface area contributed by atoms with Crippen LogP contribution in [-0.2, 0) is 13.1 Å². The first-order valence-corrected chi connectivity index (χ1v) is 8.38. The predicted molar refractivity (Wildman–Crippen MR) is 100 cm³/mol. The minimum atomic E-state index is -0.415. The summed E-state index contributed by atoms with van der Waals surface area (Å²) in [7, 11) is 3.57. The van der Waals surface area contributed by atoms with E-state index in [1.54, 1.807) is 19.2 Å². The number of hydrogen-bond donors (Lipinski definition) is 1. The zero-order chi connectivity index (χ0) is 18.9. The summed E-state index contributed by atoms with van der Waals surface area (Å²) in [6.45, 7) is 3.55. The molecule has 136 valence electrons. The van der Waals surface area contributed by atoms with Gasteiger partial charge in [-0.3, -0.25) is 0 Å². The van der Waals surface area contributed by atoms with E-state index in [2.05, 4.69) is 10.3 Å². The molecule has 0 spiro atoms. The van der Waals surface area contributed by atoms with Crippen molar-refractivity contribution in [1.82, 2.24) is 10.2 Å². The monoisotopic (exact) mass is 354 g/mol. The number of aliphatic imine (C=N–C) groups is 1. The summed E-state index contributed by atoms with van der Waals surface area (Å²) >= 11 is 0. The molecule has 0 unspecified atom stereocenters. The number of nitrogens with one attached hydrogen (secondary N) is 1. The largest absolute Gasteiger partial charge is 0.497 e. The fourth-order valence-electron chi connectivity index (χ4n) is 2.45. The lowest BCUT2D eigenvalue weighted by atomic mass is 10.1. The Labute approximate surface area is 153 Å². The minimum absolute atomic E-state index is 0.201. The zero-order valence-electron chi connectivity index (χ0n) is 15.3. The number of guanidine groups is 1. The Kier molecular flexibility index (Phi) is 6.98. The van der Waals surface area contributed by atoms with Gasteiger partial charge in [0.2, 0.25) is 0 Å². The first kappa shape index (κ1) is 19.3. The number of ether oxygens (including phenoxy) is 1. The van der Waals surface area contributed by atoms with Crippen molar-refractivity contribution >= 4 is 5.96 Å². The van der Waals surface area contributed by atoms with Gasteiger partial charge in [-0.25, -0.2) is 9.38 Å². The molecule has 0 amide bonds. The molecule has 0 aromatic heterocycles. The Morgan fingerprint density at radius 2 is 2.00 bits per heavy atom. The number of halogens is 1. The van der Waals surface area contributed by atoms with Gasteiger partial charge in [0, 0.05) is 25.7 Å². The molecule has 0 heterocycles. The van der Waals surface area contributed by atoms with E-state index in [4.69, 9.17) is 10.00 Å². The van der Waals surface area contributed by atoms with Gasteiger partial charge in [0.05, 0.1) is 25.3 Å². The summed E-state index contributed by atoms with van der Waals surface area (Å²) in [5.41, 5.74) is 1.87. The minimum Gasteiger partial charge on any atom is -0.497 e. The van der Waals surface area contributed by atoms with Crippen molar-refractivity contribution in [2.75, 3.05) is 20.7 Å². The third-order valence-corrected chi connectivity index (χ3v) is 3.86. The first-order valence-electron chi connectivity index (χ1n) is 8.38. The normalized spacial score (nSPS) is 11.0. The second-order valence-corrected chi connectivity index (χ2v) is 5.79. The lowest BCUT2D eigenvalue weighted by molar-refractivity contribution is 0.414. The highest BCUT2D eigenvalue weighted by molar-refractivity contribution is 5.79. The molecule has 5 nitrogen and oxygen atoms in total. The summed E-state index contributed by atoms with van der Waals surface area (Å²) in [6, 6.07) is 14.2. The van der Waals surface area contributed by atoms with Crippen LogP contribution in [0.25, 0.3) is 0 Å². The Bertz CT molecular complexity index is 796. The molecule has 0 aliphatic heterocycles. The average molecular weight is 354 g/mol. The molecule has 0 radical (unpaired) electrons. The number of rotatable bonds is 6. The van der Waals surface area contributed by atoms with Crippen molar-refractivity contribution in [3.8, 4) is 11.8 Å². The van der Waals surface area contributed by atoms with Crippen molar-refractivity contribution in [3.63, 3.8) is 0 Å². The van der Waals surface area contributed by atoms with Gasteiger partial charge in [0.1, 0.15) is 11.6 Å². The highest BCUT2D eigenvalue weighted by Gasteiger charge is 2.08. The second kappa shape index (κ2) is 9.42. The fourth-order valence-corrected chi connectivity index (χ4v) is 2.45. The lowest BCUT2D eigenvalue weighted by Crippen LogP contribution is -2.38. The van der Waals surface area contributed by atoms with Gasteiger partial charge in [-0.15, -0.1) is 0 Å². The van der Waals surface area contributed by atoms with Crippen LogP contribution in [0, 0.1) is 17.1 Å². The molecule has 6 heteroatoms. The molecule has 0 atom stereocenters. The van der Waals surface area contributed by atoms with Crippen LogP contribution in [0.3, 0.4) is 0 Å². The van der Waals surface area contributed by atoms with Crippen LogP contribution in [0.2, 0.25) is 0 Å². The third kappa shape index (κ3) is 5.21. The van der Waals surface area contributed by atoms with E-state index >= 15 is 0 Å². The van der Waals surface area contributed by atoms with Gasteiger partial charge in [-0.1, -0.05) is 18.2 Å². The topological polar surface area (TPSA) is 60.7 Å². The number of hydrogen-bond acceptors (Lipinski definition) is 3. The average Bonchev–Trinajstić information content (AvgIpc) is 2.66. The van der Waals surface area contributed by atoms with E-state index < -0.39 is 5.82 Å². The molecule has 0 aliphatic carbocycles. The van der Waals surface area contributed by atoms with Gasteiger partial charge in [-0.2, -0.15) is 5.26 Å². The van der Waals surface area contributed by atoms with Crippen molar-refractivity contribution < 1.29 is 9.13 Å². The van der Waals surface area contributed by atoms with Crippen LogP contribution in [0.15, 0.2) is 47.5 Å². The molecule has 2 aromatic carbocycles. The Morgan fingerprint density at radius 1 is 1.27 bits per heavy atom. The standard InChI is InChI=1S/C20H23FN4O/c1-4-23-20(24-13-17-8-5-16(12-22)11-19(17)21)25(2)14-15-6-9-18(26-3)10-7-15/h5-11H,4,13-14H2,1-3H3,(H,23,24). The fraction of sp³-hybridized carbons (Fsp3) is 0.300. The van der Waals surface area contributed by atoms with Crippen molar-refractivity contribution in [2.45, 2.75) is 20.0 Å². The van der Waals surface area contributed by atoms with E-state index in [1.165, 1.54) is 6.07 Å². The molecule has 1 N–H and O–H groups in total. The maximum absolute atomic E-state index is 14.0. The molecule has 0 fully saturated rings. The van der Waals surface area contributed by atoms with E-state index in [1.807, 2.05) is 49.2 Å². The van der Waals surface area contributed by atoms with Crippen LogP contribution < -0.4 is 10.1 Å². The summed E-state index contributed by atoms with van der Waals surface area (Å²) < 4.78 is 19.2. The summed E-state index contributed by atoms with van der Waals surface area (Å²) in [5.74, 6) is 1.09. The Hall–Kier alpha value is -3.07. The van der Waals surface area contributed by atoms with Gasteiger partial charge in [-0.05, 0) is 36.8 Å². The highest BCUT2D eigenvalue weighted by Crippen LogP contribution is 2.14. The van der Waals surface area contributed by atoms with Crippen LogP contribution in [0.5, 0.6) is 5.75 Å². The van der Waals surface area contributed by atoms with Crippen LogP contribution in [0.4, 0.5) is 4.39 Å². The Morgan fingerprint density at radius 3 is 2.58 bits per heavy atom.